The predicted octanol–water partition coefficient (Wildman–Crippen LogP) is 2.87. The summed E-state index contributed by atoms with van der Waals surface area (Å²) < 4.78 is 0. The zero-order valence-electron chi connectivity index (χ0n) is 12.3. The lowest BCUT2D eigenvalue weighted by molar-refractivity contribution is -0.116. The van der Waals surface area contributed by atoms with Gasteiger partial charge >= 0.3 is 0 Å². The number of rotatable bonds is 6. The summed E-state index contributed by atoms with van der Waals surface area (Å²) in [7, 11) is 0. The molecule has 0 aliphatic rings. The molecule has 2 N–H and O–H groups in total. The quantitative estimate of drug-likeness (QED) is 0.856. The van der Waals surface area contributed by atoms with Gasteiger partial charge in [-0.05, 0) is 38.0 Å². The topological polar surface area (TPSA) is 66.9 Å². The van der Waals surface area contributed by atoms with Crippen LogP contribution in [-0.2, 0) is 11.2 Å². The van der Waals surface area contributed by atoms with Crippen LogP contribution >= 0.6 is 0 Å². The van der Waals surface area contributed by atoms with Crippen molar-refractivity contribution >= 4 is 17.5 Å². The number of carbonyl (C=O) groups is 1. The molecule has 110 valence electrons. The van der Waals surface area contributed by atoms with Crippen molar-refractivity contribution in [3.8, 4) is 0 Å². The van der Waals surface area contributed by atoms with E-state index in [0.717, 1.165) is 5.56 Å². The molecule has 21 heavy (non-hydrogen) atoms. The number of nitrogens with zero attached hydrogens (tertiary/aromatic N) is 2. The highest BCUT2D eigenvalue weighted by molar-refractivity contribution is 5.89. The minimum absolute atomic E-state index is 0.0577. The van der Waals surface area contributed by atoms with Gasteiger partial charge in [-0.2, -0.15) is 0 Å². The summed E-state index contributed by atoms with van der Waals surface area (Å²) in [6.45, 7) is 4.06. The first-order valence-corrected chi connectivity index (χ1v) is 7.07. The van der Waals surface area contributed by atoms with Crippen molar-refractivity contribution in [3.05, 3.63) is 48.0 Å². The van der Waals surface area contributed by atoms with Gasteiger partial charge in [-0.25, -0.2) is 0 Å². The van der Waals surface area contributed by atoms with Gasteiger partial charge in [0.25, 0.3) is 0 Å². The minimum atomic E-state index is -0.0577. The molecule has 0 unspecified atom stereocenters. The first-order valence-electron chi connectivity index (χ1n) is 7.07. The zero-order chi connectivity index (χ0) is 15.1. The van der Waals surface area contributed by atoms with Crippen LogP contribution in [0.4, 0.5) is 11.6 Å². The zero-order valence-corrected chi connectivity index (χ0v) is 12.3. The van der Waals surface area contributed by atoms with Crippen molar-refractivity contribution in [3.63, 3.8) is 0 Å². The molecule has 0 bridgehead atoms. The fourth-order valence-electron chi connectivity index (χ4n) is 1.88. The van der Waals surface area contributed by atoms with Crippen LogP contribution in [0.2, 0.25) is 0 Å². The van der Waals surface area contributed by atoms with Gasteiger partial charge in [-0.1, -0.05) is 30.3 Å². The fourth-order valence-corrected chi connectivity index (χ4v) is 1.88. The summed E-state index contributed by atoms with van der Waals surface area (Å²) in [6, 6.07) is 13.8. The second-order valence-corrected chi connectivity index (χ2v) is 5.14. The molecule has 0 saturated heterocycles. The molecular weight excluding hydrogens is 264 g/mol. The standard InChI is InChI=1S/C16H20N4O/c1-12(2)17-14-9-10-15(20-19-14)18-16(21)11-8-13-6-4-3-5-7-13/h3-7,9-10,12H,8,11H2,1-2H3,(H,17,19)(H,18,20,21). The number of aryl methyl sites for hydroxylation is 1. The Bertz CT molecular complexity index is 567. The first-order chi connectivity index (χ1) is 10.1. The first kappa shape index (κ1) is 15.0. The van der Waals surface area contributed by atoms with E-state index in [1.165, 1.54) is 0 Å². The molecule has 0 aliphatic heterocycles. The van der Waals surface area contributed by atoms with Crippen molar-refractivity contribution in [2.24, 2.45) is 0 Å². The molecule has 0 aliphatic carbocycles. The maximum atomic E-state index is 11.9. The number of anilines is 2. The molecule has 5 heteroatoms. The summed E-state index contributed by atoms with van der Waals surface area (Å²) in [6.07, 6.45) is 1.14. The maximum Gasteiger partial charge on any atom is 0.225 e. The Labute approximate surface area is 124 Å². The lowest BCUT2D eigenvalue weighted by atomic mass is 10.1. The Kier molecular flexibility index (Phi) is 5.26. The average molecular weight is 284 g/mol. The maximum absolute atomic E-state index is 11.9. The van der Waals surface area contributed by atoms with Crippen LogP contribution in [0.5, 0.6) is 0 Å². The molecule has 0 fully saturated rings. The van der Waals surface area contributed by atoms with Crippen LogP contribution in [0.15, 0.2) is 42.5 Å². The van der Waals surface area contributed by atoms with Crippen LogP contribution in [0.25, 0.3) is 0 Å². The number of carbonyl (C=O) groups excluding carboxylic acids is 1. The Morgan fingerprint density at radius 2 is 1.71 bits per heavy atom. The van der Waals surface area contributed by atoms with Crippen molar-refractivity contribution < 1.29 is 4.79 Å². The van der Waals surface area contributed by atoms with Crippen molar-refractivity contribution in [2.45, 2.75) is 32.7 Å². The van der Waals surface area contributed by atoms with Gasteiger partial charge in [0.15, 0.2) is 5.82 Å². The molecule has 2 rings (SSSR count). The molecule has 0 atom stereocenters. The molecule has 0 spiro atoms. The molecule has 1 aromatic heterocycles. The second kappa shape index (κ2) is 7.38. The Balaban J connectivity index is 1.82. The summed E-state index contributed by atoms with van der Waals surface area (Å²) in [5, 5.41) is 13.9. The molecule has 5 nitrogen and oxygen atoms in total. The molecule has 1 amide bonds. The second-order valence-electron chi connectivity index (χ2n) is 5.14. The Hall–Kier alpha value is -2.43. The van der Waals surface area contributed by atoms with Gasteiger partial charge in [0, 0.05) is 12.5 Å². The van der Waals surface area contributed by atoms with Gasteiger partial charge in [0.2, 0.25) is 5.91 Å². The molecule has 1 aromatic carbocycles. The summed E-state index contributed by atoms with van der Waals surface area (Å²) in [4.78, 5) is 11.9. The minimum Gasteiger partial charge on any atom is -0.366 e. The SMILES string of the molecule is CC(C)Nc1ccc(NC(=O)CCc2ccccc2)nn1. The lowest BCUT2D eigenvalue weighted by Gasteiger charge is -2.08. The number of benzene rings is 1. The number of aromatic nitrogens is 2. The van der Waals surface area contributed by atoms with Crippen LogP contribution in [0.1, 0.15) is 25.8 Å². The van der Waals surface area contributed by atoms with E-state index in [-0.39, 0.29) is 5.91 Å². The van der Waals surface area contributed by atoms with Crippen molar-refractivity contribution in [1.82, 2.24) is 10.2 Å². The Morgan fingerprint density at radius 3 is 2.33 bits per heavy atom. The molecule has 0 saturated carbocycles. The van der Waals surface area contributed by atoms with E-state index in [1.807, 2.05) is 44.2 Å². The van der Waals surface area contributed by atoms with E-state index in [1.54, 1.807) is 12.1 Å². The van der Waals surface area contributed by atoms with E-state index in [0.29, 0.717) is 30.5 Å². The van der Waals surface area contributed by atoms with E-state index in [2.05, 4.69) is 20.8 Å². The Morgan fingerprint density at radius 1 is 1.05 bits per heavy atom. The van der Waals surface area contributed by atoms with Crippen LogP contribution in [-0.4, -0.2) is 22.1 Å². The smallest absolute Gasteiger partial charge is 0.225 e. The van der Waals surface area contributed by atoms with Crippen molar-refractivity contribution in [2.75, 3.05) is 10.6 Å². The molecular formula is C16H20N4O. The highest BCUT2D eigenvalue weighted by Gasteiger charge is 2.05. The van der Waals surface area contributed by atoms with Gasteiger partial charge in [0.1, 0.15) is 5.82 Å². The van der Waals surface area contributed by atoms with Crippen LogP contribution in [0, 0.1) is 0 Å². The predicted molar refractivity (Wildman–Crippen MR) is 84.2 cm³/mol. The normalized spacial score (nSPS) is 10.4. The number of amides is 1. The molecule has 0 radical (unpaired) electrons. The van der Waals surface area contributed by atoms with Crippen LogP contribution in [0.3, 0.4) is 0 Å². The fraction of sp³-hybridized carbons (Fsp3) is 0.312. The van der Waals surface area contributed by atoms with Crippen molar-refractivity contribution in [1.29, 1.82) is 0 Å². The monoisotopic (exact) mass is 284 g/mol. The highest BCUT2D eigenvalue weighted by atomic mass is 16.1. The van der Waals surface area contributed by atoms with E-state index in [9.17, 15) is 4.79 Å². The highest BCUT2D eigenvalue weighted by Crippen LogP contribution is 2.08. The van der Waals surface area contributed by atoms with Gasteiger partial charge in [-0.15, -0.1) is 10.2 Å². The van der Waals surface area contributed by atoms with Crippen LogP contribution < -0.4 is 10.6 Å². The third kappa shape index (κ3) is 5.22. The third-order valence-electron chi connectivity index (χ3n) is 2.85. The third-order valence-corrected chi connectivity index (χ3v) is 2.85. The van der Waals surface area contributed by atoms with Gasteiger partial charge in [-0.3, -0.25) is 4.79 Å². The van der Waals surface area contributed by atoms with E-state index < -0.39 is 0 Å². The molecule has 1 heterocycles. The summed E-state index contributed by atoms with van der Waals surface area (Å²) in [5.41, 5.74) is 1.15. The molecule has 2 aromatic rings. The number of nitrogens with one attached hydrogen (secondary N) is 2. The van der Waals surface area contributed by atoms with Gasteiger partial charge in [0.05, 0.1) is 0 Å². The van der Waals surface area contributed by atoms with E-state index in [4.69, 9.17) is 0 Å². The largest absolute Gasteiger partial charge is 0.366 e. The lowest BCUT2D eigenvalue weighted by Crippen LogP contribution is -2.15. The number of hydrogen-bond acceptors (Lipinski definition) is 4. The average Bonchev–Trinajstić information content (AvgIpc) is 2.48. The number of hydrogen-bond donors (Lipinski definition) is 2. The van der Waals surface area contributed by atoms with E-state index >= 15 is 0 Å². The van der Waals surface area contributed by atoms with Gasteiger partial charge < -0.3 is 10.6 Å². The summed E-state index contributed by atoms with van der Waals surface area (Å²) in [5.74, 6) is 1.12. The summed E-state index contributed by atoms with van der Waals surface area (Å²) >= 11 is 0.